The molecule has 2 N–H and O–H groups in total. The number of aromatic nitrogens is 6. The third kappa shape index (κ3) is 5.07. The van der Waals surface area contributed by atoms with Gasteiger partial charge in [0.1, 0.15) is 18.7 Å². The first kappa shape index (κ1) is 26.4. The van der Waals surface area contributed by atoms with Crippen LogP contribution < -0.4 is 10.6 Å². The molecule has 5 aromatic rings. The maximum absolute atomic E-state index is 13.1. The number of para-hydroxylation sites is 1. The number of hydrogen-bond donors (Lipinski definition) is 2. The molecule has 2 fully saturated rings. The lowest BCUT2D eigenvalue weighted by Gasteiger charge is -2.25. The van der Waals surface area contributed by atoms with Gasteiger partial charge in [-0.1, -0.05) is 36.4 Å². The van der Waals surface area contributed by atoms with Crippen LogP contribution in [0.4, 0.5) is 10.7 Å². The van der Waals surface area contributed by atoms with E-state index in [-0.39, 0.29) is 38.1 Å². The summed E-state index contributed by atoms with van der Waals surface area (Å²) in [5, 5.41) is 25.7. The van der Waals surface area contributed by atoms with Crippen LogP contribution in [-0.4, -0.2) is 71.9 Å². The topological polar surface area (TPSA) is 155 Å². The Hall–Kier alpha value is -5.51. The average molecular weight is 577 g/mol. The van der Waals surface area contributed by atoms with Gasteiger partial charge in [-0.05, 0) is 37.0 Å². The zero-order valence-corrected chi connectivity index (χ0v) is 23.2. The van der Waals surface area contributed by atoms with Gasteiger partial charge in [-0.25, -0.2) is 14.8 Å². The van der Waals surface area contributed by atoms with Crippen molar-refractivity contribution in [2.45, 2.75) is 38.0 Å². The molecule has 1 saturated heterocycles. The van der Waals surface area contributed by atoms with Gasteiger partial charge in [-0.15, -0.1) is 5.10 Å². The van der Waals surface area contributed by atoms with Crippen molar-refractivity contribution in [1.82, 2.24) is 39.6 Å². The van der Waals surface area contributed by atoms with E-state index in [1.165, 1.54) is 15.8 Å². The molecule has 1 atom stereocenters. The Labute approximate surface area is 246 Å². The highest BCUT2D eigenvalue weighted by atomic mass is 16.6. The molecule has 0 unspecified atom stereocenters. The van der Waals surface area contributed by atoms with Crippen LogP contribution in [0.15, 0.2) is 60.9 Å². The van der Waals surface area contributed by atoms with E-state index in [2.05, 4.69) is 21.8 Å². The molecule has 7 rings (SSSR count). The largest absolute Gasteiger partial charge is 0.445 e. The second kappa shape index (κ2) is 11.1. The van der Waals surface area contributed by atoms with Crippen molar-refractivity contribution in [3.63, 3.8) is 0 Å². The van der Waals surface area contributed by atoms with E-state index in [0.29, 0.717) is 34.0 Å². The summed E-state index contributed by atoms with van der Waals surface area (Å²) in [4.78, 5) is 37.1. The third-order valence-electron chi connectivity index (χ3n) is 7.90. The fraction of sp³-hybridized carbons (Fsp3) is 0.300. The van der Waals surface area contributed by atoms with Crippen molar-refractivity contribution in [1.29, 1.82) is 5.26 Å². The first-order valence-corrected chi connectivity index (χ1v) is 14.2. The fourth-order valence-electron chi connectivity index (χ4n) is 5.32. The minimum absolute atomic E-state index is 0.0380. The average Bonchev–Trinajstić information content (AvgIpc) is 3.62. The Bertz CT molecular complexity index is 1870. The van der Waals surface area contributed by atoms with Crippen LogP contribution in [0.3, 0.4) is 0 Å². The van der Waals surface area contributed by atoms with E-state index < -0.39 is 12.1 Å². The third-order valence-corrected chi connectivity index (χ3v) is 7.90. The molecule has 13 nitrogen and oxygen atoms in total. The van der Waals surface area contributed by atoms with Crippen molar-refractivity contribution >= 4 is 34.5 Å². The zero-order chi connectivity index (χ0) is 29.3. The maximum atomic E-state index is 13.1. The number of amides is 2. The summed E-state index contributed by atoms with van der Waals surface area (Å²) in [6.45, 7) is 0.721. The summed E-state index contributed by atoms with van der Waals surface area (Å²) in [6, 6.07) is 16.4. The number of carbonyl (C=O) groups is 2. The maximum Gasteiger partial charge on any atom is 0.410 e. The minimum Gasteiger partial charge on any atom is -0.445 e. The van der Waals surface area contributed by atoms with Gasteiger partial charge in [-0.2, -0.15) is 14.9 Å². The summed E-state index contributed by atoms with van der Waals surface area (Å²) in [6.07, 6.45) is 6.55. The molecule has 0 radical (unpaired) electrons. The Balaban J connectivity index is 1.22. The SMILES string of the molecule is N#Cc1cccc2c1nc(N[C@@H]1CN(C(=O)OCc3ccccc3)CCNC1=O)n1nc(-c3cnn(C4CCC4)c3)nc21. The predicted octanol–water partition coefficient (Wildman–Crippen LogP) is 3.29. The second-order valence-corrected chi connectivity index (χ2v) is 10.7. The number of nitriles is 1. The molecule has 1 saturated carbocycles. The van der Waals surface area contributed by atoms with Gasteiger partial charge < -0.3 is 20.3 Å². The number of hydrogen-bond acceptors (Lipinski definition) is 9. The summed E-state index contributed by atoms with van der Waals surface area (Å²) in [7, 11) is 0. The minimum atomic E-state index is -0.872. The van der Waals surface area contributed by atoms with Gasteiger partial charge in [0.25, 0.3) is 0 Å². The van der Waals surface area contributed by atoms with Crippen LogP contribution >= 0.6 is 0 Å². The number of anilines is 1. The highest BCUT2D eigenvalue weighted by Gasteiger charge is 2.30. The van der Waals surface area contributed by atoms with Gasteiger partial charge in [0.2, 0.25) is 11.9 Å². The summed E-state index contributed by atoms with van der Waals surface area (Å²) < 4.78 is 9.02. The smallest absolute Gasteiger partial charge is 0.410 e. The van der Waals surface area contributed by atoms with Crippen LogP contribution in [0.5, 0.6) is 0 Å². The van der Waals surface area contributed by atoms with Crippen LogP contribution in [-0.2, 0) is 16.1 Å². The summed E-state index contributed by atoms with van der Waals surface area (Å²) in [5.74, 6) is 0.362. The Morgan fingerprint density at radius 2 is 2.00 bits per heavy atom. The highest BCUT2D eigenvalue weighted by Crippen LogP contribution is 2.32. The number of carbonyl (C=O) groups excluding carboxylic acids is 2. The zero-order valence-electron chi connectivity index (χ0n) is 23.2. The van der Waals surface area contributed by atoms with E-state index in [1.54, 1.807) is 18.3 Å². The van der Waals surface area contributed by atoms with Crippen LogP contribution in [0.25, 0.3) is 27.9 Å². The highest BCUT2D eigenvalue weighted by molar-refractivity contribution is 5.96. The van der Waals surface area contributed by atoms with Crippen molar-refractivity contribution in [2.24, 2.45) is 0 Å². The van der Waals surface area contributed by atoms with Gasteiger partial charge in [-0.3, -0.25) is 9.48 Å². The molecule has 3 aromatic heterocycles. The van der Waals surface area contributed by atoms with Crippen molar-refractivity contribution in [3.8, 4) is 17.5 Å². The van der Waals surface area contributed by atoms with Crippen LogP contribution in [0, 0.1) is 11.3 Å². The van der Waals surface area contributed by atoms with E-state index >= 15 is 0 Å². The van der Waals surface area contributed by atoms with Crippen molar-refractivity contribution < 1.29 is 14.3 Å². The number of nitrogens with zero attached hydrogens (tertiary/aromatic N) is 8. The van der Waals surface area contributed by atoms with E-state index in [0.717, 1.165) is 24.0 Å². The van der Waals surface area contributed by atoms with Crippen LogP contribution in [0.2, 0.25) is 0 Å². The molecule has 2 amide bonds. The molecule has 1 aliphatic heterocycles. The van der Waals surface area contributed by atoms with E-state index in [1.807, 2.05) is 47.3 Å². The Kier molecular flexibility index (Phi) is 6.78. The summed E-state index contributed by atoms with van der Waals surface area (Å²) >= 11 is 0. The predicted molar refractivity (Wildman–Crippen MR) is 156 cm³/mol. The van der Waals surface area contributed by atoms with Crippen molar-refractivity contribution in [2.75, 3.05) is 25.0 Å². The monoisotopic (exact) mass is 576 g/mol. The van der Waals surface area contributed by atoms with Crippen molar-refractivity contribution in [3.05, 3.63) is 72.1 Å². The molecule has 0 bridgehead atoms. The Morgan fingerprint density at radius 1 is 1.14 bits per heavy atom. The number of benzene rings is 2. The molecular formula is C30H28N10O3. The second-order valence-electron chi connectivity index (χ2n) is 10.7. The van der Waals surface area contributed by atoms with E-state index in [4.69, 9.17) is 19.8 Å². The molecule has 1 aliphatic carbocycles. The van der Waals surface area contributed by atoms with Gasteiger partial charge >= 0.3 is 6.09 Å². The standard InChI is InChI=1S/C30H28N10O3/c31-14-20-8-4-11-23-25(20)35-29(40-27(23)36-26(37-40)21-15-33-39(16-21)22-9-5-10-22)34-24-17-38(13-12-32-28(24)41)30(42)43-18-19-6-2-1-3-7-19/h1-4,6-8,11,15-16,22,24H,5,9-10,12-13,17-18H2,(H,32,41)(H,34,35)/t24-/m1/s1. The fourth-order valence-corrected chi connectivity index (χ4v) is 5.32. The lowest BCUT2D eigenvalue weighted by Crippen LogP contribution is -2.44. The lowest BCUT2D eigenvalue weighted by molar-refractivity contribution is -0.121. The molecule has 2 aromatic carbocycles. The molecule has 216 valence electrons. The molecule has 13 heteroatoms. The number of ether oxygens (including phenoxy) is 1. The first-order chi connectivity index (χ1) is 21.1. The summed E-state index contributed by atoms with van der Waals surface area (Å²) in [5.41, 5.74) is 2.89. The van der Waals surface area contributed by atoms with E-state index in [9.17, 15) is 14.9 Å². The number of fused-ring (bicyclic) bond motifs is 3. The number of nitrogens with one attached hydrogen (secondary N) is 2. The first-order valence-electron chi connectivity index (χ1n) is 14.2. The van der Waals surface area contributed by atoms with Gasteiger partial charge in [0.05, 0.1) is 35.4 Å². The Morgan fingerprint density at radius 3 is 2.79 bits per heavy atom. The molecule has 0 spiro atoms. The van der Waals surface area contributed by atoms with Gasteiger partial charge in [0, 0.05) is 24.7 Å². The molecule has 43 heavy (non-hydrogen) atoms. The lowest BCUT2D eigenvalue weighted by atomic mass is 9.93. The molecule has 4 heterocycles. The van der Waals surface area contributed by atoms with Crippen LogP contribution in [0.1, 0.15) is 36.4 Å². The normalized spacial score (nSPS) is 17.2. The molecule has 2 aliphatic rings. The number of rotatable bonds is 6. The quantitative estimate of drug-likeness (QED) is 0.310. The molecular weight excluding hydrogens is 548 g/mol. The van der Waals surface area contributed by atoms with Gasteiger partial charge in [0.15, 0.2) is 11.5 Å².